The molecule has 0 spiro atoms. The minimum atomic E-state index is -0.342. The van der Waals surface area contributed by atoms with Crippen molar-refractivity contribution in [2.45, 2.75) is 19.9 Å². The highest BCUT2D eigenvalue weighted by molar-refractivity contribution is 9.10. The molecule has 1 N–H and O–H groups in total. The molecule has 7 heteroatoms. The van der Waals surface area contributed by atoms with E-state index in [1.807, 2.05) is 56.3 Å². The van der Waals surface area contributed by atoms with E-state index in [0.717, 1.165) is 15.7 Å². The van der Waals surface area contributed by atoms with Crippen molar-refractivity contribution >= 4 is 21.8 Å². The summed E-state index contributed by atoms with van der Waals surface area (Å²) in [5.41, 5.74) is 2.39. The van der Waals surface area contributed by atoms with Crippen molar-refractivity contribution < 1.29 is 4.79 Å². The highest BCUT2D eigenvalue weighted by atomic mass is 79.9. The van der Waals surface area contributed by atoms with Crippen molar-refractivity contribution in [1.29, 1.82) is 0 Å². The lowest BCUT2D eigenvalue weighted by Crippen LogP contribution is -2.29. The number of amides is 1. The van der Waals surface area contributed by atoms with Crippen molar-refractivity contribution in [3.8, 4) is 5.69 Å². The highest BCUT2D eigenvalue weighted by Crippen LogP contribution is 2.18. The van der Waals surface area contributed by atoms with Crippen LogP contribution in [0.2, 0.25) is 0 Å². The van der Waals surface area contributed by atoms with Crippen LogP contribution in [0.5, 0.6) is 0 Å². The van der Waals surface area contributed by atoms with E-state index < -0.39 is 0 Å². The first kappa shape index (κ1) is 16.3. The van der Waals surface area contributed by atoms with Crippen molar-refractivity contribution in [2.24, 2.45) is 0 Å². The van der Waals surface area contributed by atoms with Gasteiger partial charge in [0.05, 0.1) is 11.7 Å². The van der Waals surface area contributed by atoms with Crippen LogP contribution < -0.4 is 5.32 Å². The minimum absolute atomic E-state index is 0.149. The number of hydrogen-bond donors (Lipinski definition) is 1. The average molecular weight is 386 g/mol. The largest absolute Gasteiger partial charge is 0.342 e. The molecule has 0 bridgehead atoms. The van der Waals surface area contributed by atoms with Crippen molar-refractivity contribution in [3.63, 3.8) is 0 Å². The molecular formula is C17H16BrN5O. The van der Waals surface area contributed by atoms with Gasteiger partial charge in [-0.3, -0.25) is 4.79 Å². The Morgan fingerprint density at radius 2 is 2.00 bits per heavy atom. The topological polar surface area (TPSA) is 72.7 Å². The van der Waals surface area contributed by atoms with Crippen LogP contribution >= 0.6 is 15.9 Å². The molecule has 1 atom stereocenters. The van der Waals surface area contributed by atoms with E-state index in [2.05, 4.69) is 36.8 Å². The van der Waals surface area contributed by atoms with Gasteiger partial charge < -0.3 is 5.32 Å². The van der Waals surface area contributed by atoms with Crippen molar-refractivity contribution in [2.75, 3.05) is 0 Å². The maximum absolute atomic E-state index is 12.5. The Kier molecular flexibility index (Phi) is 4.71. The predicted molar refractivity (Wildman–Crippen MR) is 93.9 cm³/mol. The van der Waals surface area contributed by atoms with Gasteiger partial charge in [-0.25, -0.2) is 0 Å². The van der Waals surface area contributed by atoms with Gasteiger partial charge >= 0.3 is 0 Å². The summed E-state index contributed by atoms with van der Waals surface area (Å²) in [4.78, 5) is 12.5. The first-order valence-corrected chi connectivity index (χ1v) is 8.26. The number of halogens is 1. The number of aromatic nitrogens is 4. The smallest absolute Gasteiger partial charge is 0.252 e. The number of carbonyl (C=O) groups excluding carboxylic acids is 1. The van der Waals surface area contributed by atoms with E-state index in [9.17, 15) is 4.79 Å². The summed E-state index contributed by atoms with van der Waals surface area (Å²) in [5, 5.41) is 14.8. The fraction of sp³-hybridized carbons (Fsp3) is 0.176. The Labute approximate surface area is 148 Å². The number of nitrogens with zero attached hydrogens (tertiary/aromatic N) is 4. The molecule has 1 heterocycles. The van der Waals surface area contributed by atoms with Gasteiger partial charge in [0.1, 0.15) is 0 Å². The number of carbonyl (C=O) groups is 1. The lowest BCUT2D eigenvalue weighted by Gasteiger charge is -2.14. The Balaban J connectivity index is 1.84. The summed E-state index contributed by atoms with van der Waals surface area (Å²) >= 11 is 3.44. The number of nitrogens with one attached hydrogen (secondary N) is 1. The molecule has 1 unspecified atom stereocenters. The SMILES string of the molecule is Cc1ccccc1C(=O)NC(C)c1nnnn1-c1cccc(Br)c1. The zero-order valence-electron chi connectivity index (χ0n) is 13.3. The fourth-order valence-corrected chi connectivity index (χ4v) is 2.81. The molecule has 122 valence electrons. The van der Waals surface area contributed by atoms with E-state index in [4.69, 9.17) is 0 Å². The van der Waals surface area contributed by atoms with E-state index in [1.165, 1.54) is 0 Å². The monoisotopic (exact) mass is 385 g/mol. The molecule has 3 rings (SSSR count). The quantitative estimate of drug-likeness (QED) is 0.747. The molecule has 1 aromatic heterocycles. The standard InChI is InChI=1S/C17H16BrN5O/c1-11-6-3-4-9-15(11)17(24)19-12(2)16-20-21-22-23(16)14-8-5-7-13(18)10-14/h3-10,12H,1-2H3,(H,19,24). The molecule has 6 nitrogen and oxygen atoms in total. The minimum Gasteiger partial charge on any atom is -0.342 e. The molecule has 0 aliphatic heterocycles. The predicted octanol–water partition coefficient (Wildman–Crippen LogP) is 3.22. The van der Waals surface area contributed by atoms with Crippen LogP contribution in [-0.2, 0) is 0 Å². The van der Waals surface area contributed by atoms with Gasteiger partial charge in [0.2, 0.25) is 0 Å². The number of hydrogen-bond acceptors (Lipinski definition) is 4. The second-order valence-electron chi connectivity index (χ2n) is 5.44. The maximum atomic E-state index is 12.5. The van der Waals surface area contributed by atoms with Crippen LogP contribution in [0.1, 0.15) is 34.7 Å². The Bertz CT molecular complexity index is 877. The first-order valence-electron chi connectivity index (χ1n) is 7.47. The number of tetrazole rings is 1. The summed E-state index contributed by atoms with van der Waals surface area (Å²) in [7, 11) is 0. The molecule has 0 saturated heterocycles. The summed E-state index contributed by atoms with van der Waals surface area (Å²) in [6.45, 7) is 3.77. The third-order valence-corrected chi connectivity index (χ3v) is 4.16. The van der Waals surface area contributed by atoms with E-state index in [-0.39, 0.29) is 11.9 Å². The number of aryl methyl sites for hydroxylation is 1. The van der Waals surface area contributed by atoms with E-state index >= 15 is 0 Å². The van der Waals surface area contributed by atoms with Crippen LogP contribution in [0.25, 0.3) is 5.69 Å². The van der Waals surface area contributed by atoms with Gasteiger partial charge in [0.15, 0.2) is 5.82 Å². The molecule has 0 radical (unpaired) electrons. The van der Waals surface area contributed by atoms with Gasteiger partial charge in [-0.05, 0) is 54.1 Å². The van der Waals surface area contributed by atoms with Crippen LogP contribution in [0.3, 0.4) is 0 Å². The first-order chi connectivity index (χ1) is 11.6. The zero-order valence-corrected chi connectivity index (χ0v) is 14.9. The van der Waals surface area contributed by atoms with Gasteiger partial charge in [0.25, 0.3) is 5.91 Å². The third kappa shape index (κ3) is 3.35. The number of benzene rings is 2. The lowest BCUT2D eigenvalue weighted by molar-refractivity contribution is 0.0937. The molecule has 1 amide bonds. The molecule has 2 aromatic carbocycles. The van der Waals surface area contributed by atoms with E-state index in [0.29, 0.717) is 11.4 Å². The summed E-state index contributed by atoms with van der Waals surface area (Å²) in [6.07, 6.45) is 0. The van der Waals surface area contributed by atoms with Crippen LogP contribution in [0.4, 0.5) is 0 Å². The lowest BCUT2D eigenvalue weighted by atomic mass is 10.1. The molecule has 0 aliphatic carbocycles. The highest BCUT2D eigenvalue weighted by Gasteiger charge is 2.19. The molecule has 0 aliphatic rings. The number of rotatable bonds is 4. The van der Waals surface area contributed by atoms with Gasteiger partial charge in [-0.2, -0.15) is 4.68 Å². The van der Waals surface area contributed by atoms with Gasteiger partial charge in [-0.1, -0.05) is 40.2 Å². The Morgan fingerprint density at radius 3 is 2.75 bits per heavy atom. The third-order valence-electron chi connectivity index (χ3n) is 3.67. The van der Waals surface area contributed by atoms with Gasteiger partial charge in [-0.15, -0.1) is 5.10 Å². The van der Waals surface area contributed by atoms with Crippen LogP contribution in [0.15, 0.2) is 53.0 Å². The normalized spacial score (nSPS) is 12.0. The maximum Gasteiger partial charge on any atom is 0.252 e. The Morgan fingerprint density at radius 1 is 1.21 bits per heavy atom. The van der Waals surface area contributed by atoms with Crippen molar-refractivity contribution in [1.82, 2.24) is 25.5 Å². The molecular weight excluding hydrogens is 370 g/mol. The van der Waals surface area contributed by atoms with Crippen LogP contribution in [0, 0.1) is 6.92 Å². The van der Waals surface area contributed by atoms with Crippen LogP contribution in [-0.4, -0.2) is 26.1 Å². The second kappa shape index (κ2) is 6.92. The average Bonchev–Trinajstić information content (AvgIpc) is 3.05. The molecule has 24 heavy (non-hydrogen) atoms. The summed E-state index contributed by atoms with van der Waals surface area (Å²) in [6, 6.07) is 14.8. The van der Waals surface area contributed by atoms with Gasteiger partial charge in [0, 0.05) is 10.0 Å². The summed E-state index contributed by atoms with van der Waals surface area (Å²) in [5.74, 6) is 0.416. The van der Waals surface area contributed by atoms with Crippen molar-refractivity contribution in [3.05, 3.63) is 70.0 Å². The second-order valence-corrected chi connectivity index (χ2v) is 6.35. The molecule has 0 saturated carbocycles. The van der Waals surface area contributed by atoms with E-state index in [1.54, 1.807) is 10.7 Å². The fourth-order valence-electron chi connectivity index (χ4n) is 2.42. The molecule has 0 fully saturated rings. The summed E-state index contributed by atoms with van der Waals surface area (Å²) < 4.78 is 2.55. The molecule has 3 aromatic rings. The Hall–Kier alpha value is -2.54. The zero-order chi connectivity index (χ0) is 17.1.